The van der Waals surface area contributed by atoms with Crippen LogP contribution in [0.25, 0.3) is 0 Å². The van der Waals surface area contributed by atoms with Gasteiger partial charge in [-0.25, -0.2) is 0 Å². The van der Waals surface area contributed by atoms with Crippen LogP contribution in [0.5, 0.6) is 0 Å². The quantitative estimate of drug-likeness (QED) is 0.825. The molecule has 0 aliphatic rings. The zero-order valence-electron chi connectivity index (χ0n) is 14.5. The monoisotopic (exact) mass is 329 g/mol. The Bertz CT molecular complexity index is 720. The Morgan fingerprint density at radius 1 is 1.25 bits per heavy atom. The maximum absolute atomic E-state index is 12.2. The fourth-order valence-electron chi connectivity index (χ4n) is 2.46. The van der Waals surface area contributed by atoms with Crippen molar-refractivity contribution in [3.05, 3.63) is 52.8 Å². The summed E-state index contributed by atoms with van der Waals surface area (Å²) in [5.41, 5.74) is 3.72. The Kier molecular flexibility index (Phi) is 5.73. The summed E-state index contributed by atoms with van der Waals surface area (Å²) in [6, 6.07) is 9.14. The lowest BCUT2D eigenvalue weighted by atomic mass is 10.1. The molecule has 0 spiro atoms. The van der Waals surface area contributed by atoms with Crippen molar-refractivity contribution in [3.8, 4) is 0 Å². The normalized spacial score (nSPS) is 11.8. The van der Waals surface area contributed by atoms with Crippen molar-refractivity contribution in [3.63, 3.8) is 0 Å². The first-order valence-electron chi connectivity index (χ1n) is 7.86. The van der Waals surface area contributed by atoms with Crippen LogP contribution in [0, 0.1) is 13.8 Å². The Morgan fingerprint density at radius 3 is 2.46 bits per heavy atom. The summed E-state index contributed by atoms with van der Waals surface area (Å²) in [7, 11) is 1.33. The number of methoxy groups -OCH3 is 1. The molecule has 2 aromatic rings. The molecule has 2 rings (SSSR count). The molecule has 0 fully saturated rings. The fraction of sp³-hybridized carbons (Fsp3) is 0.389. The van der Waals surface area contributed by atoms with Crippen LogP contribution in [0.1, 0.15) is 40.7 Å². The fourth-order valence-corrected chi connectivity index (χ4v) is 2.46. The zero-order valence-corrected chi connectivity index (χ0v) is 14.5. The molecular formula is C18H23N3O3. The SMILES string of the molecule is COC(=O)C[C@@H](C)NC(=O)c1ccc(Cn2nc(C)cc2C)cc1. The highest BCUT2D eigenvalue weighted by molar-refractivity contribution is 5.94. The van der Waals surface area contributed by atoms with Crippen LogP contribution in [-0.2, 0) is 16.1 Å². The lowest BCUT2D eigenvalue weighted by Gasteiger charge is -2.13. The molecule has 1 heterocycles. The second kappa shape index (κ2) is 7.77. The highest BCUT2D eigenvalue weighted by Crippen LogP contribution is 2.09. The molecule has 128 valence electrons. The van der Waals surface area contributed by atoms with E-state index in [1.165, 1.54) is 7.11 Å². The second-order valence-electron chi connectivity index (χ2n) is 5.94. The van der Waals surface area contributed by atoms with Gasteiger partial charge in [0.15, 0.2) is 0 Å². The van der Waals surface area contributed by atoms with Crippen molar-refractivity contribution in [1.82, 2.24) is 15.1 Å². The van der Waals surface area contributed by atoms with E-state index in [1.54, 1.807) is 19.1 Å². The van der Waals surface area contributed by atoms with Crippen LogP contribution in [0.4, 0.5) is 0 Å². The van der Waals surface area contributed by atoms with Gasteiger partial charge in [-0.3, -0.25) is 14.3 Å². The van der Waals surface area contributed by atoms with E-state index in [9.17, 15) is 9.59 Å². The minimum Gasteiger partial charge on any atom is -0.469 e. The van der Waals surface area contributed by atoms with Gasteiger partial charge in [-0.15, -0.1) is 0 Å². The zero-order chi connectivity index (χ0) is 17.7. The van der Waals surface area contributed by atoms with Gasteiger partial charge in [-0.2, -0.15) is 5.10 Å². The number of ether oxygens (including phenoxy) is 1. The van der Waals surface area contributed by atoms with Crippen LogP contribution in [0.2, 0.25) is 0 Å². The molecule has 0 saturated carbocycles. The maximum atomic E-state index is 12.2. The standard InChI is InChI=1S/C18H23N3O3/c1-12(10-17(22)24-4)19-18(23)16-7-5-15(6-8-16)11-21-14(3)9-13(2)20-21/h5-9,12H,10-11H2,1-4H3,(H,19,23)/t12-/m1/s1. The average molecular weight is 329 g/mol. The van der Waals surface area contributed by atoms with Gasteiger partial charge in [-0.05, 0) is 44.5 Å². The van der Waals surface area contributed by atoms with E-state index in [0.29, 0.717) is 12.1 Å². The van der Waals surface area contributed by atoms with E-state index in [0.717, 1.165) is 17.0 Å². The Hall–Kier alpha value is -2.63. The van der Waals surface area contributed by atoms with Crippen molar-refractivity contribution >= 4 is 11.9 Å². The van der Waals surface area contributed by atoms with Crippen molar-refractivity contribution in [2.75, 3.05) is 7.11 Å². The van der Waals surface area contributed by atoms with E-state index >= 15 is 0 Å². The first kappa shape index (κ1) is 17.7. The molecule has 0 aliphatic carbocycles. The second-order valence-corrected chi connectivity index (χ2v) is 5.94. The minimum atomic E-state index is -0.344. The first-order valence-corrected chi connectivity index (χ1v) is 7.86. The van der Waals surface area contributed by atoms with Crippen LogP contribution >= 0.6 is 0 Å². The molecule has 1 N–H and O–H groups in total. The highest BCUT2D eigenvalue weighted by Gasteiger charge is 2.13. The molecule has 1 amide bonds. The third kappa shape index (κ3) is 4.68. The molecule has 0 aliphatic heterocycles. The minimum absolute atomic E-state index is 0.151. The lowest BCUT2D eigenvalue weighted by molar-refractivity contribution is -0.141. The first-order chi connectivity index (χ1) is 11.4. The number of benzene rings is 1. The van der Waals surface area contributed by atoms with E-state index in [1.807, 2.05) is 36.7 Å². The van der Waals surface area contributed by atoms with Crippen molar-refractivity contribution in [2.24, 2.45) is 0 Å². The number of amides is 1. The highest BCUT2D eigenvalue weighted by atomic mass is 16.5. The van der Waals surface area contributed by atoms with Gasteiger partial charge in [0.25, 0.3) is 5.91 Å². The molecule has 6 heteroatoms. The number of carbonyl (C=O) groups is 2. The van der Waals surface area contributed by atoms with Crippen LogP contribution in [0.15, 0.2) is 30.3 Å². The van der Waals surface area contributed by atoms with Gasteiger partial charge >= 0.3 is 5.97 Å². The number of rotatable bonds is 6. The number of aromatic nitrogens is 2. The van der Waals surface area contributed by atoms with Gasteiger partial charge in [0, 0.05) is 17.3 Å². The molecule has 24 heavy (non-hydrogen) atoms. The summed E-state index contributed by atoms with van der Waals surface area (Å²) in [5.74, 6) is -0.549. The van der Waals surface area contributed by atoms with E-state index in [2.05, 4.69) is 15.2 Å². The Balaban J connectivity index is 1.97. The average Bonchev–Trinajstić information content (AvgIpc) is 2.85. The molecule has 0 saturated heterocycles. The number of hydrogen-bond acceptors (Lipinski definition) is 4. The summed E-state index contributed by atoms with van der Waals surface area (Å²) >= 11 is 0. The molecule has 1 aromatic heterocycles. The van der Waals surface area contributed by atoms with Crippen LogP contribution in [-0.4, -0.2) is 34.8 Å². The number of carbonyl (C=O) groups excluding carboxylic acids is 2. The van der Waals surface area contributed by atoms with E-state index < -0.39 is 0 Å². The molecule has 6 nitrogen and oxygen atoms in total. The smallest absolute Gasteiger partial charge is 0.307 e. The number of nitrogens with zero attached hydrogens (tertiary/aromatic N) is 2. The van der Waals surface area contributed by atoms with E-state index in [-0.39, 0.29) is 24.3 Å². The summed E-state index contributed by atoms with van der Waals surface area (Å²) in [4.78, 5) is 23.4. The predicted octanol–water partition coefficient (Wildman–Crippen LogP) is 2.23. The maximum Gasteiger partial charge on any atom is 0.307 e. The van der Waals surface area contributed by atoms with Gasteiger partial charge in [0.1, 0.15) is 0 Å². The third-order valence-corrected chi connectivity index (χ3v) is 3.73. The molecule has 0 unspecified atom stereocenters. The van der Waals surface area contributed by atoms with Gasteiger partial charge in [-0.1, -0.05) is 12.1 Å². The predicted molar refractivity (Wildman–Crippen MR) is 90.8 cm³/mol. The van der Waals surface area contributed by atoms with Gasteiger partial charge < -0.3 is 10.1 Å². The molecular weight excluding hydrogens is 306 g/mol. The summed E-state index contributed by atoms with van der Waals surface area (Å²) < 4.78 is 6.53. The molecule has 0 radical (unpaired) electrons. The van der Waals surface area contributed by atoms with E-state index in [4.69, 9.17) is 0 Å². The number of aryl methyl sites for hydroxylation is 2. The largest absolute Gasteiger partial charge is 0.469 e. The summed E-state index contributed by atoms with van der Waals surface area (Å²) in [6.07, 6.45) is 0.151. The molecule has 0 bridgehead atoms. The van der Waals surface area contributed by atoms with Crippen molar-refractivity contribution in [1.29, 1.82) is 0 Å². The number of hydrogen-bond donors (Lipinski definition) is 1. The topological polar surface area (TPSA) is 73.2 Å². The number of nitrogens with one attached hydrogen (secondary N) is 1. The summed E-state index contributed by atoms with van der Waals surface area (Å²) in [6.45, 7) is 6.42. The molecule has 1 aromatic carbocycles. The van der Waals surface area contributed by atoms with Crippen LogP contribution < -0.4 is 5.32 Å². The Morgan fingerprint density at radius 2 is 1.92 bits per heavy atom. The van der Waals surface area contributed by atoms with Gasteiger partial charge in [0.05, 0.1) is 25.8 Å². The number of esters is 1. The third-order valence-electron chi connectivity index (χ3n) is 3.73. The summed E-state index contributed by atoms with van der Waals surface area (Å²) in [5, 5.41) is 7.22. The van der Waals surface area contributed by atoms with Crippen molar-refractivity contribution in [2.45, 2.75) is 39.8 Å². The Labute approximate surface area is 141 Å². The lowest BCUT2D eigenvalue weighted by Crippen LogP contribution is -2.34. The van der Waals surface area contributed by atoms with Gasteiger partial charge in [0.2, 0.25) is 0 Å². The molecule has 1 atom stereocenters. The van der Waals surface area contributed by atoms with Crippen molar-refractivity contribution < 1.29 is 14.3 Å². The van der Waals surface area contributed by atoms with Crippen LogP contribution in [0.3, 0.4) is 0 Å².